The van der Waals surface area contributed by atoms with Gasteiger partial charge in [-0.25, -0.2) is 15.0 Å². The maximum Gasteiger partial charge on any atom is 0.235 e. The highest BCUT2D eigenvalue weighted by molar-refractivity contribution is 6.22. The Kier molecular flexibility index (Phi) is 8.18. The molecular formula is C61H38N6. The lowest BCUT2D eigenvalue weighted by Crippen LogP contribution is -2.05. The Balaban J connectivity index is 1.03. The van der Waals surface area contributed by atoms with Crippen molar-refractivity contribution < 1.29 is 0 Å². The van der Waals surface area contributed by atoms with E-state index in [-0.39, 0.29) is 0 Å². The Morgan fingerprint density at radius 3 is 1.58 bits per heavy atom. The fourth-order valence-electron chi connectivity index (χ4n) is 10.5. The van der Waals surface area contributed by atoms with Gasteiger partial charge >= 0.3 is 0 Å². The van der Waals surface area contributed by atoms with Gasteiger partial charge in [-0.1, -0.05) is 158 Å². The molecule has 6 heteroatoms. The highest BCUT2D eigenvalue weighted by atomic mass is 15.2. The van der Waals surface area contributed by atoms with E-state index in [9.17, 15) is 0 Å². The van der Waals surface area contributed by atoms with E-state index in [1.807, 2.05) is 6.07 Å². The van der Waals surface area contributed by atoms with Crippen molar-refractivity contribution in [2.45, 2.75) is 0 Å². The fourth-order valence-corrected chi connectivity index (χ4v) is 10.5. The Morgan fingerprint density at radius 2 is 0.851 bits per heavy atom. The highest BCUT2D eigenvalue weighted by Gasteiger charge is 2.24. The van der Waals surface area contributed by atoms with E-state index < -0.39 is 0 Å². The van der Waals surface area contributed by atoms with E-state index in [1.165, 1.54) is 38.0 Å². The lowest BCUT2D eigenvalue weighted by Gasteiger charge is -2.15. The molecule has 0 aliphatic heterocycles. The minimum Gasteiger partial charge on any atom is -0.309 e. The van der Waals surface area contributed by atoms with E-state index in [0.29, 0.717) is 5.95 Å². The van der Waals surface area contributed by atoms with Crippen LogP contribution in [0.3, 0.4) is 0 Å². The molecule has 0 N–H and O–H groups in total. The molecule has 0 saturated heterocycles. The summed E-state index contributed by atoms with van der Waals surface area (Å²) < 4.78 is 6.90. The first kappa shape index (κ1) is 37.3. The van der Waals surface area contributed by atoms with Crippen LogP contribution < -0.4 is 0 Å². The fraction of sp³-hybridized carbons (Fsp3) is 0. The quantitative estimate of drug-likeness (QED) is 0.167. The molecule has 0 atom stereocenters. The summed E-state index contributed by atoms with van der Waals surface area (Å²) in [6.45, 7) is 0. The van der Waals surface area contributed by atoms with Crippen molar-refractivity contribution in [2.75, 3.05) is 0 Å². The van der Waals surface area contributed by atoms with Gasteiger partial charge < -0.3 is 4.57 Å². The summed E-state index contributed by atoms with van der Waals surface area (Å²) in [5, 5.41) is 8.09. The molecule has 0 aliphatic rings. The van der Waals surface area contributed by atoms with Crippen LogP contribution in [-0.4, -0.2) is 28.7 Å². The second-order valence-corrected chi connectivity index (χ2v) is 17.2. The van der Waals surface area contributed by atoms with Crippen LogP contribution in [0.15, 0.2) is 231 Å². The van der Waals surface area contributed by atoms with E-state index in [2.05, 4.69) is 238 Å². The third-order valence-corrected chi connectivity index (χ3v) is 13.4. The van der Waals surface area contributed by atoms with Crippen LogP contribution in [0.2, 0.25) is 0 Å². The Bertz CT molecular complexity index is 4240. The number of benzene rings is 10. The van der Waals surface area contributed by atoms with Crippen LogP contribution in [0, 0.1) is 0 Å². The highest BCUT2D eigenvalue weighted by Crippen LogP contribution is 2.42. The minimum absolute atomic E-state index is 0.609. The van der Waals surface area contributed by atoms with Gasteiger partial charge in [-0.3, -0.25) is 9.13 Å². The molecule has 0 spiro atoms. The molecule has 14 aromatic rings. The molecule has 0 aliphatic carbocycles. The van der Waals surface area contributed by atoms with Crippen LogP contribution in [0.5, 0.6) is 0 Å². The normalized spacial score (nSPS) is 11.9. The van der Waals surface area contributed by atoms with Crippen LogP contribution in [0.4, 0.5) is 0 Å². The molecule has 0 radical (unpaired) electrons. The van der Waals surface area contributed by atoms with Gasteiger partial charge in [-0.15, -0.1) is 0 Å². The molecule has 10 aromatic carbocycles. The first-order valence-corrected chi connectivity index (χ1v) is 22.7. The van der Waals surface area contributed by atoms with Crippen molar-refractivity contribution in [2.24, 2.45) is 0 Å². The van der Waals surface area contributed by atoms with Crippen LogP contribution in [0.25, 0.3) is 127 Å². The van der Waals surface area contributed by atoms with Gasteiger partial charge in [0.25, 0.3) is 0 Å². The second kappa shape index (κ2) is 14.7. The van der Waals surface area contributed by atoms with Gasteiger partial charge in [0.2, 0.25) is 5.95 Å². The van der Waals surface area contributed by atoms with Gasteiger partial charge in [0.05, 0.1) is 49.7 Å². The molecule has 6 nitrogen and oxygen atoms in total. The maximum absolute atomic E-state index is 5.64. The van der Waals surface area contributed by atoms with Crippen LogP contribution in [0.1, 0.15) is 0 Å². The average Bonchev–Trinajstić information content (AvgIpc) is 4.07. The third kappa shape index (κ3) is 5.73. The van der Waals surface area contributed by atoms with Crippen LogP contribution in [-0.2, 0) is 0 Å². The zero-order chi connectivity index (χ0) is 44.0. The zero-order valence-electron chi connectivity index (χ0n) is 36.1. The molecule has 14 rings (SSSR count). The molecule has 0 fully saturated rings. The molecule has 67 heavy (non-hydrogen) atoms. The largest absolute Gasteiger partial charge is 0.309 e. The monoisotopic (exact) mass is 854 g/mol. The summed E-state index contributed by atoms with van der Waals surface area (Å²) in [6, 6.07) is 81.9. The van der Waals surface area contributed by atoms with E-state index >= 15 is 0 Å². The molecule has 0 saturated carbocycles. The number of fused-ring (bicyclic) bond motifs is 11. The number of nitrogens with zero attached hydrogens (tertiary/aromatic N) is 6. The first-order chi connectivity index (χ1) is 33.2. The van der Waals surface area contributed by atoms with E-state index in [4.69, 9.17) is 15.0 Å². The van der Waals surface area contributed by atoms with Gasteiger partial charge in [-0.2, -0.15) is 0 Å². The molecular weight excluding hydrogens is 817 g/mol. The predicted molar refractivity (Wildman–Crippen MR) is 277 cm³/mol. The molecule has 0 unspecified atom stereocenters. The zero-order valence-corrected chi connectivity index (χ0v) is 36.1. The third-order valence-electron chi connectivity index (χ3n) is 13.4. The summed E-state index contributed by atoms with van der Waals surface area (Å²) >= 11 is 0. The molecule has 4 aromatic heterocycles. The first-order valence-electron chi connectivity index (χ1n) is 22.7. The van der Waals surface area contributed by atoms with Crippen molar-refractivity contribution in [1.29, 1.82) is 0 Å². The van der Waals surface area contributed by atoms with Crippen molar-refractivity contribution in [1.82, 2.24) is 28.7 Å². The Morgan fingerprint density at radius 1 is 0.299 bits per heavy atom. The van der Waals surface area contributed by atoms with E-state index in [1.54, 1.807) is 0 Å². The Hall–Kier alpha value is -9.13. The summed E-state index contributed by atoms with van der Waals surface area (Å²) in [7, 11) is 0. The molecule has 4 heterocycles. The van der Waals surface area contributed by atoms with Gasteiger partial charge in [0.1, 0.15) is 5.82 Å². The van der Waals surface area contributed by atoms with Crippen LogP contribution >= 0.6 is 0 Å². The van der Waals surface area contributed by atoms with E-state index in [0.717, 1.165) is 83.5 Å². The molecule has 312 valence electrons. The predicted octanol–water partition coefficient (Wildman–Crippen LogP) is 15.3. The number of hydrogen-bond acceptors (Lipinski definition) is 3. The SMILES string of the molecule is c1ccc(-c2nc(-n3c4ccc(-c5ccc6c(c5)c5ccccc5n6-c5ccccc5)cc4c4c5ccccc5ccc43)nc3ccc4nc(-c5ccccc5)n(-c5ccccc5)c4c23)cc1. The summed E-state index contributed by atoms with van der Waals surface area (Å²) in [5.74, 6) is 1.47. The average molecular weight is 855 g/mol. The number of aromatic nitrogens is 6. The van der Waals surface area contributed by atoms with Gasteiger partial charge in [0.15, 0.2) is 0 Å². The molecule has 0 bridgehead atoms. The van der Waals surface area contributed by atoms with Crippen molar-refractivity contribution in [3.63, 3.8) is 0 Å². The topological polar surface area (TPSA) is 53.5 Å². The van der Waals surface area contributed by atoms with Gasteiger partial charge in [0, 0.05) is 44.0 Å². The molecule has 0 amide bonds. The van der Waals surface area contributed by atoms with Crippen molar-refractivity contribution in [3.8, 4) is 51.1 Å². The number of hydrogen-bond donors (Lipinski definition) is 0. The lowest BCUT2D eigenvalue weighted by atomic mass is 9.99. The Labute approximate surface area is 384 Å². The summed E-state index contributed by atoms with van der Waals surface area (Å²) in [5.41, 5.74) is 14.5. The lowest BCUT2D eigenvalue weighted by molar-refractivity contribution is 1.01. The maximum atomic E-state index is 5.64. The summed E-state index contributed by atoms with van der Waals surface area (Å²) in [6.07, 6.45) is 0. The standard InChI is InChI=1S/C61H38N6/c1-5-18-40(19-6-1)58-57-50(32-33-51-59(57)66(45-24-11-4-12-25-45)60(62-51)41-20-7-2-8-21-41)63-61(64-58)67-54-35-31-43(38-49(54)56-46-26-14-13-17-39(46)29-36-55(56)67)42-30-34-53-48(37-42)47-27-15-16-28-52(47)65(53)44-22-9-3-10-23-44/h1-38H. The van der Waals surface area contributed by atoms with Crippen molar-refractivity contribution in [3.05, 3.63) is 231 Å². The number of para-hydroxylation sites is 3. The summed E-state index contributed by atoms with van der Waals surface area (Å²) in [4.78, 5) is 16.5. The number of imidazole rings is 1. The minimum atomic E-state index is 0.609. The van der Waals surface area contributed by atoms with Gasteiger partial charge in [-0.05, 0) is 94.7 Å². The second-order valence-electron chi connectivity index (χ2n) is 17.2. The number of rotatable bonds is 6. The smallest absolute Gasteiger partial charge is 0.235 e. The van der Waals surface area contributed by atoms with Crippen molar-refractivity contribution >= 4 is 76.3 Å².